The maximum absolute atomic E-state index is 12.8. The predicted octanol–water partition coefficient (Wildman–Crippen LogP) is 2.96. The number of nitrogens with zero attached hydrogens (tertiary/aromatic N) is 1. The molecule has 0 spiro atoms. The van der Waals surface area contributed by atoms with Crippen molar-refractivity contribution in [2.24, 2.45) is 0 Å². The van der Waals surface area contributed by atoms with Crippen LogP contribution >= 0.6 is 11.3 Å². The number of rotatable bonds is 2. The van der Waals surface area contributed by atoms with Gasteiger partial charge in [0.25, 0.3) is 15.9 Å². The van der Waals surface area contributed by atoms with Crippen molar-refractivity contribution in [2.45, 2.75) is 23.2 Å². The lowest BCUT2D eigenvalue weighted by atomic mass is 9.99. The summed E-state index contributed by atoms with van der Waals surface area (Å²) in [5.74, 6) is -3.34. The first-order chi connectivity index (χ1) is 12.4. The van der Waals surface area contributed by atoms with Crippen LogP contribution in [0.25, 0.3) is 0 Å². The first-order valence-corrected chi connectivity index (χ1v) is 9.80. The van der Waals surface area contributed by atoms with Gasteiger partial charge in [-0.2, -0.15) is 13.2 Å². The Bertz CT molecular complexity index is 1040. The highest BCUT2D eigenvalue weighted by molar-refractivity contribution is 7.92. The highest BCUT2D eigenvalue weighted by Crippen LogP contribution is 2.40. The van der Waals surface area contributed by atoms with Crippen molar-refractivity contribution in [3.8, 4) is 0 Å². The molecule has 2 amide bonds. The molecular formula is C16H13F3N2O4S2. The molecule has 0 bridgehead atoms. The second-order valence-corrected chi connectivity index (χ2v) is 9.33. The first-order valence-electron chi connectivity index (χ1n) is 7.54. The summed E-state index contributed by atoms with van der Waals surface area (Å²) in [4.78, 5) is 25.7. The number of carbonyl (C=O) groups is 2. The van der Waals surface area contributed by atoms with Crippen molar-refractivity contribution in [1.29, 1.82) is 0 Å². The molecule has 1 aliphatic rings. The van der Waals surface area contributed by atoms with Crippen LogP contribution in [-0.2, 0) is 25.8 Å². The highest BCUT2D eigenvalue weighted by atomic mass is 32.2. The number of hydrogen-bond donors (Lipinski definition) is 1. The van der Waals surface area contributed by atoms with Gasteiger partial charge in [-0.15, -0.1) is 11.3 Å². The van der Waals surface area contributed by atoms with Gasteiger partial charge in [0.2, 0.25) is 5.91 Å². The van der Waals surface area contributed by atoms with Crippen LogP contribution in [0, 0.1) is 6.92 Å². The van der Waals surface area contributed by atoms with E-state index in [-0.39, 0.29) is 15.5 Å². The molecule has 144 valence electrons. The van der Waals surface area contributed by atoms with E-state index in [2.05, 4.69) is 5.32 Å². The Kier molecular flexibility index (Phi) is 4.55. The minimum atomic E-state index is -4.59. The fourth-order valence-corrected chi connectivity index (χ4v) is 5.70. The van der Waals surface area contributed by atoms with Gasteiger partial charge in [-0.25, -0.2) is 12.7 Å². The molecule has 1 N–H and O–H groups in total. The number of amides is 2. The number of halogens is 3. The van der Waals surface area contributed by atoms with Gasteiger partial charge < -0.3 is 5.32 Å². The van der Waals surface area contributed by atoms with Gasteiger partial charge in [-0.1, -0.05) is 6.07 Å². The van der Waals surface area contributed by atoms with Crippen molar-refractivity contribution < 1.29 is 31.2 Å². The Morgan fingerprint density at radius 1 is 1.26 bits per heavy atom. The number of fused-ring (bicyclic) bond motifs is 1. The van der Waals surface area contributed by atoms with E-state index in [0.717, 1.165) is 36.6 Å². The molecule has 2 heterocycles. The summed E-state index contributed by atoms with van der Waals surface area (Å²) >= 11 is 0.926. The van der Waals surface area contributed by atoms with Gasteiger partial charge in [0, 0.05) is 23.2 Å². The third kappa shape index (κ3) is 3.32. The van der Waals surface area contributed by atoms with Gasteiger partial charge in [0.15, 0.2) is 0 Å². The van der Waals surface area contributed by atoms with Crippen molar-refractivity contribution >= 4 is 38.9 Å². The van der Waals surface area contributed by atoms with Crippen molar-refractivity contribution in [3.63, 3.8) is 0 Å². The molecular weight excluding hydrogens is 405 g/mol. The zero-order chi connectivity index (χ0) is 20.1. The van der Waals surface area contributed by atoms with E-state index >= 15 is 0 Å². The monoisotopic (exact) mass is 418 g/mol. The quantitative estimate of drug-likeness (QED) is 0.760. The lowest BCUT2D eigenvalue weighted by Gasteiger charge is -2.28. The molecule has 1 aromatic carbocycles. The molecule has 2 aromatic rings. The number of nitrogens with one attached hydrogen (secondary N) is 1. The van der Waals surface area contributed by atoms with E-state index in [1.807, 2.05) is 0 Å². The Morgan fingerprint density at radius 2 is 1.93 bits per heavy atom. The number of alkyl halides is 3. The van der Waals surface area contributed by atoms with E-state index in [0.29, 0.717) is 9.18 Å². The molecule has 0 saturated heterocycles. The molecule has 1 aliphatic heterocycles. The number of anilines is 1. The van der Waals surface area contributed by atoms with Gasteiger partial charge in [-0.3, -0.25) is 9.59 Å². The van der Waals surface area contributed by atoms with Crippen LogP contribution in [0.15, 0.2) is 34.5 Å². The fourth-order valence-electron chi connectivity index (χ4n) is 2.71. The molecule has 0 fully saturated rings. The van der Waals surface area contributed by atoms with Crippen LogP contribution in [-0.4, -0.2) is 31.6 Å². The maximum atomic E-state index is 12.8. The van der Waals surface area contributed by atoms with Gasteiger partial charge in [0.05, 0.1) is 5.56 Å². The lowest BCUT2D eigenvalue weighted by Crippen LogP contribution is -2.45. The average Bonchev–Trinajstić information content (AvgIpc) is 2.95. The molecule has 1 unspecified atom stereocenters. The zero-order valence-electron chi connectivity index (χ0n) is 14.0. The molecule has 1 aromatic heterocycles. The lowest BCUT2D eigenvalue weighted by molar-refractivity contribution is -0.138. The van der Waals surface area contributed by atoms with Crippen LogP contribution in [0.5, 0.6) is 0 Å². The number of carbonyl (C=O) groups excluding carboxylic acids is 2. The highest BCUT2D eigenvalue weighted by Gasteiger charge is 2.46. The first kappa shape index (κ1) is 19.4. The SMILES string of the molecule is Cc1cc2c(s1)S(=O)(=O)N(C)C(=O)C2C(=O)Nc1cccc(C(F)(F)F)c1. The maximum Gasteiger partial charge on any atom is 0.416 e. The number of sulfonamides is 1. The van der Waals surface area contributed by atoms with Crippen LogP contribution in [0.3, 0.4) is 0 Å². The summed E-state index contributed by atoms with van der Waals surface area (Å²) in [6.45, 7) is 1.63. The second-order valence-electron chi connectivity index (χ2n) is 5.91. The van der Waals surface area contributed by atoms with E-state index in [1.54, 1.807) is 6.92 Å². The average molecular weight is 418 g/mol. The number of thiophene rings is 1. The number of likely N-dealkylation sites (N-methyl/N-ethyl adjacent to an activating group) is 1. The molecule has 3 rings (SSSR count). The predicted molar refractivity (Wildman–Crippen MR) is 91.8 cm³/mol. The molecule has 27 heavy (non-hydrogen) atoms. The van der Waals surface area contributed by atoms with E-state index in [4.69, 9.17) is 0 Å². The van der Waals surface area contributed by atoms with Gasteiger partial charge in [0.1, 0.15) is 10.1 Å². The Balaban J connectivity index is 1.99. The Labute approximate surface area is 156 Å². The summed E-state index contributed by atoms with van der Waals surface area (Å²) < 4.78 is 63.6. The zero-order valence-corrected chi connectivity index (χ0v) is 15.6. The molecule has 0 radical (unpaired) electrons. The summed E-state index contributed by atoms with van der Waals surface area (Å²) in [7, 11) is -3.00. The van der Waals surface area contributed by atoms with E-state index in [9.17, 15) is 31.2 Å². The number of benzene rings is 1. The Morgan fingerprint density at radius 3 is 2.56 bits per heavy atom. The minimum absolute atomic E-state index is 0.0325. The summed E-state index contributed by atoms with van der Waals surface area (Å²) in [5.41, 5.74) is -1.07. The van der Waals surface area contributed by atoms with Crippen molar-refractivity contribution in [1.82, 2.24) is 4.31 Å². The third-order valence-electron chi connectivity index (χ3n) is 4.03. The van der Waals surface area contributed by atoms with Crippen LogP contribution < -0.4 is 5.32 Å². The smallest absolute Gasteiger partial charge is 0.325 e. The van der Waals surface area contributed by atoms with E-state index < -0.39 is 39.5 Å². The summed E-state index contributed by atoms with van der Waals surface area (Å²) in [6, 6.07) is 5.39. The standard InChI is InChI=1S/C16H13F3N2O4S2/c1-8-6-11-12(14(23)21(2)27(24,25)15(11)26-8)13(22)20-10-5-3-4-9(7-10)16(17,18)19/h3-7,12H,1-2H3,(H,20,22). The minimum Gasteiger partial charge on any atom is -0.325 e. The molecule has 0 aliphatic carbocycles. The molecule has 0 saturated carbocycles. The Hall–Kier alpha value is -2.40. The summed E-state index contributed by atoms with van der Waals surface area (Å²) in [5, 5.41) is 2.28. The van der Waals surface area contributed by atoms with E-state index in [1.165, 1.54) is 12.1 Å². The summed E-state index contributed by atoms with van der Waals surface area (Å²) in [6.07, 6.45) is -4.59. The molecule has 11 heteroatoms. The van der Waals surface area contributed by atoms with Crippen LogP contribution in [0.2, 0.25) is 0 Å². The number of aryl methyl sites for hydroxylation is 1. The topological polar surface area (TPSA) is 83.6 Å². The van der Waals surface area contributed by atoms with Crippen LogP contribution in [0.1, 0.15) is 21.9 Å². The van der Waals surface area contributed by atoms with Crippen LogP contribution in [0.4, 0.5) is 18.9 Å². The molecule has 1 atom stereocenters. The number of hydrogen-bond acceptors (Lipinski definition) is 5. The third-order valence-corrected chi connectivity index (χ3v) is 7.38. The van der Waals surface area contributed by atoms with Crippen molar-refractivity contribution in [3.05, 3.63) is 46.3 Å². The van der Waals surface area contributed by atoms with Crippen molar-refractivity contribution in [2.75, 3.05) is 12.4 Å². The largest absolute Gasteiger partial charge is 0.416 e. The van der Waals surface area contributed by atoms with Gasteiger partial charge in [-0.05, 0) is 31.2 Å². The van der Waals surface area contributed by atoms with Gasteiger partial charge >= 0.3 is 6.18 Å². The fraction of sp³-hybridized carbons (Fsp3) is 0.250. The normalized spacial score (nSPS) is 18.9. The molecule has 6 nitrogen and oxygen atoms in total. The second kappa shape index (κ2) is 6.34.